The van der Waals surface area contributed by atoms with Crippen molar-refractivity contribution in [3.05, 3.63) is 29.8 Å². The number of carbonyl (C=O) groups is 3. The highest BCUT2D eigenvalue weighted by molar-refractivity contribution is 9.10. The first kappa shape index (κ1) is 20.6. The van der Waals surface area contributed by atoms with Crippen LogP contribution in [-0.4, -0.2) is 28.1 Å². The van der Waals surface area contributed by atoms with Gasteiger partial charge in [-0.15, -0.1) is 0 Å². The van der Waals surface area contributed by atoms with Gasteiger partial charge >= 0.3 is 5.97 Å². The lowest BCUT2D eigenvalue weighted by molar-refractivity contribution is -0.159. The average molecular weight is 462 g/mol. The summed E-state index contributed by atoms with van der Waals surface area (Å²) in [5, 5.41) is 2.74. The van der Waals surface area contributed by atoms with Crippen molar-refractivity contribution in [2.45, 2.75) is 69.2 Å². The van der Waals surface area contributed by atoms with Crippen LogP contribution >= 0.6 is 15.9 Å². The van der Waals surface area contributed by atoms with Gasteiger partial charge in [0, 0.05) is 15.6 Å². The first-order valence-electron chi connectivity index (χ1n) is 10.5. The number of ether oxygens (including phenoxy) is 1. The summed E-state index contributed by atoms with van der Waals surface area (Å²) in [7, 11) is 0. The second kappa shape index (κ2) is 7.53. The topological polar surface area (TPSA) is 72.5 Å². The third-order valence-corrected chi connectivity index (χ3v) is 7.79. The maximum absolute atomic E-state index is 12.7. The number of halogens is 1. The summed E-state index contributed by atoms with van der Waals surface area (Å²) < 4.78 is 5.70. The van der Waals surface area contributed by atoms with Crippen LogP contribution in [0.15, 0.2) is 24.3 Å². The zero-order valence-corrected chi connectivity index (χ0v) is 18.6. The van der Waals surface area contributed by atoms with Gasteiger partial charge in [-0.2, -0.15) is 0 Å². The van der Waals surface area contributed by atoms with E-state index in [0.717, 1.165) is 19.3 Å². The second-order valence-electron chi connectivity index (χ2n) is 9.54. The van der Waals surface area contributed by atoms with Gasteiger partial charge in [0.2, 0.25) is 0 Å². The first-order chi connectivity index (χ1) is 13.7. The maximum atomic E-state index is 12.7. The van der Waals surface area contributed by atoms with Crippen LogP contribution in [0.3, 0.4) is 0 Å². The summed E-state index contributed by atoms with van der Waals surface area (Å²) >= 11 is 3.97. The van der Waals surface area contributed by atoms with Gasteiger partial charge in [-0.05, 0) is 93.9 Å². The van der Waals surface area contributed by atoms with Crippen molar-refractivity contribution in [2.24, 2.45) is 17.3 Å². The van der Waals surface area contributed by atoms with Gasteiger partial charge in [0.25, 0.3) is 5.91 Å². The molecule has 0 radical (unpaired) electrons. The van der Waals surface area contributed by atoms with E-state index < -0.39 is 6.10 Å². The summed E-state index contributed by atoms with van der Waals surface area (Å²) in [6.07, 6.45) is 6.53. The Labute approximate surface area is 180 Å². The summed E-state index contributed by atoms with van der Waals surface area (Å²) in [6.45, 7) is 3.10. The van der Waals surface area contributed by atoms with Crippen molar-refractivity contribution in [3.8, 4) is 0 Å². The van der Waals surface area contributed by atoms with Crippen LogP contribution in [0.5, 0.6) is 0 Å². The SMILES string of the molecule is CC(=O)c1ccc(NC(=O)C(C)OC(=O)CC23CC4CC(CC(Br)(C4)C2)C3)cc1. The van der Waals surface area contributed by atoms with Crippen molar-refractivity contribution in [1.82, 2.24) is 0 Å². The Bertz CT molecular complexity index is 820. The number of benzene rings is 1. The Kier molecular flexibility index (Phi) is 5.34. The number of carbonyl (C=O) groups excluding carboxylic acids is 3. The number of ketones is 1. The van der Waals surface area contributed by atoms with E-state index in [1.807, 2.05) is 0 Å². The molecule has 1 aromatic rings. The van der Waals surface area contributed by atoms with E-state index in [2.05, 4.69) is 21.2 Å². The van der Waals surface area contributed by atoms with E-state index in [4.69, 9.17) is 4.74 Å². The molecule has 4 bridgehead atoms. The molecule has 4 aliphatic carbocycles. The van der Waals surface area contributed by atoms with Gasteiger partial charge in [0.15, 0.2) is 11.9 Å². The van der Waals surface area contributed by atoms with Gasteiger partial charge in [0.1, 0.15) is 0 Å². The fourth-order valence-corrected chi connectivity index (χ4v) is 7.68. The van der Waals surface area contributed by atoms with Gasteiger partial charge < -0.3 is 10.1 Å². The predicted octanol–water partition coefficient (Wildman–Crippen LogP) is 4.88. The minimum Gasteiger partial charge on any atom is -0.453 e. The van der Waals surface area contributed by atoms with Gasteiger partial charge in [-0.3, -0.25) is 14.4 Å². The Balaban J connectivity index is 1.32. The minimum atomic E-state index is -0.859. The summed E-state index contributed by atoms with van der Waals surface area (Å²) in [6, 6.07) is 6.68. The number of hydrogen-bond donors (Lipinski definition) is 1. The highest BCUT2D eigenvalue weighted by atomic mass is 79.9. The van der Waals surface area contributed by atoms with Crippen molar-refractivity contribution >= 4 is 39.3 Å². The molecule has 29 heavy (non-hydrogen) atoms. The molecule has 0 spiro atoms. The second-order valence-corrected chi connectivity index (χ2v) is 11.2. The van der Waals surface area contributed by atoms with Crippen LogP contribution in [-0.2, 0) is 14.3 Å². The highest BCUT2D eigenvalue weighted by Gasteiger charge is 2.57. The fourth-order valence-electron chi connectivity index (χ4n) is 6.17. The lowest BCUT2D eigenvalue weighted by Gasteiger charge is -2.60. The third-order valence-electron chi connectivity index (χ3n) is 6.87. The summed E-state index contributed by atoms with van der Waals surface area (Å²) in [4.78, 5) is 36.4. The van der Waals surface area contributed by atoms with Gasteiger partial charge in [0.05, 0.1) is 6.42 Å². The molecule has 0 saturated heterocycles. The summed E-state index contributed by atoms with van der Waals surface area (Å²) in [5.74, 6) is 0.748. The van der Waals surface area contributed by atoms with Crippen LogP contribution in [0, 0.1) is 17.3 Å². The number of esters is 1. The fraction of sp³-hybridized carbons (Fsp3) is 0.609. The van der Waals surface area contributed by atoms with E-state index in [1.165, 1.54) is 26.2 Å². The van der Waals surface area contributed by atoms with Gasteiger partial charge in [-0.1, -0.05) is 15.9 Å². The molecule has 1 aromatic carbocycles. The number of Topliss-reactive ketones (excluding diaryl/α,β-unsaturated/α-hetero) is 1. The lowest BCUT2D eigenvalue weighted by Crippen LogP contribution is -2.53. The van der Waals surface area contributed by atoms with Crippen LogP contribution < -0.4 is 5.32 Å². The molecule has 4 fully saturated rings. The zero-order chi connectivity index (χ0) is 20.8. The molecule has 3 atom stereocenters. The zero-order valence-electron chi connectivity index (χ0n) is 17.0. The number of rotatable bonds is 6. The Morgan fingerprint density at radius 1 is 1.14 bits per heavy atom. The molecule has 1 N–H and O–H groups in total. The van der Waals surface area contributed by atoms with E-state index >= 15 is 0 Å². The molecule has 0 aliphatic heterocycles. The van der Waals surface area contributed by atoms with Crippen LogP contribution in [0.1, 0.15) is 69.2 Å². The molecule has 0 heterocycles. The number of anilines is 1. The molecule has 3 unspecified atom stereocenters. The predicted molar refractivity (Wildman–Crippen MR) is 114 cm³/mol. The molecule has 156 valence electrons. The van der Waals surface area contributed by atoms with Crippen molar-refractivity contribution in [2.75, 3.05) is 5.32 Å². The largest absolute Gasteiger partial charge is 0.453 e. The van der Waals surface area contributed by atoms with Crippen LogP contribution in [0.25, 0.3) is 0 Å². The maximum Gasteiger partial charge on any atom is 0.307 e. The van der Waals surface area contributed by atoms with Crippen LogP contribution in [0.4, 0.5) is 5.69 Å². The minimum absolute atomic E-state index is 0.0277. The number of alkyl halides is 1. The molecule has 0 aromatic heterocycles. The van der Waals surface area contributed by atoms with E-state index in [0.29, 0.717) is 29.5 Å². The molecule has 6 heteroatoms. The molecule has 5 rings (SSSR count). The van der Waals surface area contributed by atoms with E-state index in [1.54, 1.807) is 31.2 Å². The normalized spacial score (nSPS) is 33.2. The van der Waals surface area contributed by atoms with Crippen molar-refractivity contribution in [3.63, 3.8) is 0 Å². The Morgan fingerprint density at radius 2 is 1.76 bits per heavy atom. The number of hydrogen-bond acceptors (Lipinski definition) is 4. The number of amides is 1. The summed E-state index contributed by atoms with van der Waals surface area (Å²) in [5.41, 5.74) is 1.19. The van der Waals surface area contributed by atoms with Crippen LogP contribution in [0.2, 0.25) is 0 Å². The van der Waals surface area contributed by atoms with Crippen molar-refractivity contribution < 1.29 is 19.1 Å². The smallest absolute Gasteiger partial charge is 0.307 e. The molecule has 4 saturated carbocycles. The van der Waals surface area contributed by atoms with E-state index in [-0.39, 0.29) is 27.4 Å². The standard InChI is InChI=1S/C23H28BrNO4/c1-14(26)18-3-5-19(6-4-18)25-21(28)15(2)29-20(27)12-22-8-16-7-17(9-22)11-23(24,10-16)13-22/h3-6,15-17H,7-13H2,1-2H3,(H,25,28). The van der Waals surface area contributed by atoms with Gasteiger partial charge in [-0.25, -0.2) is 0 Å². The molecule has 4 aliphatic rings. The first-order valence-corrected chi connectivity index (χ1v) is 11.2. The van der Waals surface area contributed by atoms with E-state index in [9.17, 15) is 14.4 Å². The average Bonchev–Trinajstić information content (AvgIpc) is 2.59. The van der Waals surface area contributed by atoms with Crippen molar-refractivity contribution in [1.29, 1.82) is 0 Å². The molecular formula is C23H28BrNO4. The lowest BCUT2D eigenvalue weighted by atomic mass is 9.49. The Hall–Kier alpha value is -1.69. The molecule has 5 nitrogen and oxygen atoms in total. The highest BCUT2D eigenvalue weighted by Crippen LogP contribution is 2.65. The number of nitrogens with one attached hydrogen (secondary N) is 1. The molecule has 1 amide bonds. The third kappa shape index (κ3) is 4.42. The Morgan fingerprint density at radius 3 is 2.31 bits per heavy atom. The quantitative estimate of drug-likeness (QED) is 0.372. The molecular weight excluding hydrogens is 434 g/mol. The monoisotopic (exact) mass is 461 g/mol.